The summed E-state index contributed by atoms with van der Waals surface area (Å²) < 4.78 is 19.3. The summed E-state index contributed by atoms with van der Waals surface area (Å²) in [7, 11) is 0. The Morgan fingerprint density at radius 2 is 1.58 bits per heavy atom. The van der Waals surface area contributed by atoms with Crippen molar-refractivity contribution in [1.82, 2.24) is 0 Å². The molecule has 1 fully saturated rings. The third-order valence-electron chi connectivity index (χ3n) is 3.53. The minimum Gasteiger partial charge on any atom is -0.490 e. The maximum absolute atomic E-state index is 13.4. The molecule has 1 aromatic carbocycles. The van der Waals surface area contributed by atoms with E-state index in [1.54, 1.807) is 12.1 Å². The fourth-order valence-corrected chi connectivity index (χ4v) is 2.41. The van der Waals surface area contributed by atoms with Crippen LogP contribution in [0.2, 0.25) is 0 Å². The highest BCUT2D eigenvalue weighted by atomic mass is 19.1. The molecule has 0 unspecified atom stereocenters. The number of hydrogen-bond donors (Lipinski definition) is 0. The minimum absolute atomic E-state index is 0.0524. The van der Waals surface area contributed by atoms with Crippen molar-refractivity contribution in [1.29, 1.82) is 0 Å². The summed E-state index contributed by atoms with van der Waals surface area (Å²) in [5.74, 6) is 0.886. The van der Waals surface area contributed by atoms with Crippen LogP contribution in [0.1, 0.15) is 64.5 Å². The lowest BCUT2D eigenvalue weighted by Crippen LogP contribution is -2.25. The molecule has 0 bridgehead atoms. The van der Waals surface area contributed by atoms with Crippen LogP contribution in [-0.4, -0.2) is 6.10 Å². The van der Waals surface area contributed by atoms with Gasteiger partial charge in [0.1, 0.15) is 11.6 Å². The second kappa shape index (κ2) is 8.19. The molecule has 0 spiro atoms. The van der Waals surface area contributed by atoms with Crippen LogP contribution < -0.4 is 4.74 Å². The molecule has 0 aliphatic heterocycles. The monoisotopic (exact) mass is 266 g/mol. The van der Waals surface area contributed by atoms with Crippen LogP contribution >= 0.6 is 0 Å². The molecule has 0 saturated heterocycles. The maximum atomic E-state index is 13.4. The van der Waals surface area contributed by atoms with Crippen LogP contribution in [0.4, 0.5) is 4.39 Å². The summed E-state index contributed by atoms with van der Waals surface area (Å²) in [5, 5.41) is 0. The molecule has 2 aliphatic rings. The lowest BCUT2D eigenvalue weighted by atomic mass is 9.96. The molecule has 1 aromatic rings. The van der Waals surface area contributed by atoms with Gasteiger partial charge in [-0.1, -0.05) is 27.7 Å². The van der Waals surface area contributed by atoms with Gasteiger partial charge in [-0.3, -0.25) is 0 Å². The van der Waals surface area contributed by atoms with E-state index >= 15 is 0 Å². The zero-order chi connectivity index (χ0) is 14.3. The predicted octanol–water partition coefficient (Wildman–Crippen LogP) is 5.30. The van der Waals surface area contributed by atoms with E-state index in [-0.39, 0.29) is 5.82 Å². The van der Waals surface area contributed by atoms with Gasteiger partial charge in [-0.15, -0.1) is 0 Å². The zero-order valence-electron chi connectivity index (χ0n) is 12.8. The Kier molecular flexibility index (Phi) is 6.90. The largest absolute Gasteiger partial charge is 0.490 e. The molecule has 0 aromatic heterocycles. The normalized spacial score (nSPS) is 16.3. The van der Waals surface area contributed by atoms with Crippen molar-refractivity contribution >= 4 is 0 Å². The van der Waals surface area contributed by atoms with Gasteiger partial charge in [-0.25, -0.2) is 4.39 Å². The highest BCUT2D eigenvalue weighted by molar-refractivity contribution is 5.44. The first-order valence-corrected chi connectivity index (χ1v) is 7.81. The summed E-state index contributed by atoms with van der Waals surface area (Å²) in [6.45, 7) is 8.00. The third-order valence-corrected chi connectivity index (χ3v) is 3.53. The first kappa shape index (κ1) is 16.0. The number of rotatable bonds is 2. The van der Waals surface area contributed by atoms with Crippen LogP contribution in [-0.2, 0) is 12.8 Å². The van der Waals surface area contributed by atoms with E-state index in [1.165, 1.54) is 6.42 Å². The summed E-state index contributed by atoms with van der Waals surface area (Å²) in [6, 6.07) is 3.36. The lowest BCUT2D eigenvalue weighted by Gasteiger charge is -2.27. The summed E-state index contributed by atoms with van der Waals surface area (Å²) in [6.07, 6.45) is 6.90. The molecular formula is C17H27FO. The average molecular weight is 266 g/mol. The standard InChI is InChI=1S/C13H15FO.2C2H6/c14-12-7-8-13(15-9-3-1-4-9)11-6-2-5-10(11)12;2*1-2/h7-9H,1-6H2;2*1-2H3. The van der Waals surface area contributed by atoms with Gasteiger partial charge in [-0.05, 0) is 56.2 Å². The van der Waals surface area contributed by atoms with Crippen molar-refractivity contribution < 1.29 is 9.13 Å². The van der Waals surface area contributed by atoms with Crippen molar-refractivity contribution in [3.63, 3.8) is 0 Å². The Bertz CT molecular complexity index is 383. The van der Waals surface area contributed by atoms with Crippen LogP contribution in [0.25, 0.3) is 0 Å². The second-order valence-corrected chi connectivity index (χ2v) is 4.53. The van der Waals surface area contributed by atoms with Gasteiger partial charge in [0.15, 0.2) is 0 Å². The smallest absolute Gasteiger partial charge is 0.126 e. The van der Waals surface area contributed by atoms with Gasteiger partial charge in [0, 0.05) is 5.56 Å². The molecule has 1 saturated carbocycles. The van der Waals surface area contributed by atoms with Gasteiger partial charge in [-0.2, -0.15) is 0 Å². The van der Waals surface area contributed by atoms with Crippen LogP contribution in [0.15, 0.2) is 12.1 Å². The van der Waals surface area contributed by atoms with Gasteiger partial charge in [0.05, 0.1) is 6.10 Å². The molecule has 0 amide bonds. The van der Waals surface area contributed by atoms with Crippen molar-refractivity contribution in [2.24, 2.45) is 0 Å². The van der Waals surface area contributed by atoms with E-state index in [0.717, 1.165) is 49.0 Å². The second-order valence-electron chi connectivity index (χ2n) is 4.53. The molecule has 108 valence electrons. The highest BCUT2D eigenvalue weighted by Gasteiger charge is 2.24. The van der Waals surface area contributed by atoms with Gasteiger partial charge < -0.3 is 4.74 Å². The number of halogens is 1. The average Bonchev–Trinajstić information content (AvgIpc) is 2.91. The van der Waals surface area contributed by atoms with Crippen molar-refractivity contribution in [3.8, 4) is 5.75 Å². The van der Waals surface area contributed by atoms with Crippen LogP contribution in [0, 0.1) is 5.82 Å². The summed E-state index contributed by atoms with van der Waals surface area (Å²) >= 11 is 0. The quantitative estimate of drug-likeness (QED) is 0.706. The van der Waals surface area contributed by atoms with E-state index < -0.39 is 0 Å². The minimum atomic E-state index is -0.0524. The van der Waals surface area contributed by atoms with E-state index in [0.29, 0.717) is 6.10 Å². The Hall–Kier alpha value is -1.05. The zero-order valence-corrected chi connectivity index (χ0v) is 12.8. The Balaban J connectivity index is 0.000000415. The molecule has 0 radical (unpaired) electrons. The SMILES string of the molecule is CC.CC.Fc1ccc(OC2CCC2)c2c1CCC2. The van der Waals surface area contributed by atoms with E-state index in [1.807, 2.05) is 27.7 Å². The third kappa shape index (κ3) is 3.71. The maximum Gasteiger partial charge on any atom is 0.126 e. The topological polar surface area (TPSA) is 9.23 Å². The fourth-order valence-electron chi connectivity index (χ4n) is 2.41. The Morgan fingerprint density at radius 3 is 2.16 bits per heavy atom. The lowest BCUT2D eigenvalue weighted by molar-refractivity contribution is 0.119. The molecule has 2 aliphatic carbocycles. The molecule has 0 N–H and O–H groups in total. The Morgan fingerprint density at radius 1 is 0.947 bits per heavy atom. The van der Waals surface area contributed by atoms with Crippen LogP contribution in [0.5, 0.6) is 5.75 Å². The number of hydrogen-bond acceptors (Lipinski definition) is 1. The number of ether oxygens (including phenoxy) is 1. The summed E-state index contributed by atoms with van der Waals surface area (Å²) in [4.78, 5) is 0. The molecule has 2 heteroatoms. The first-order chi connectivity index (χ1) is 9.34. The van der Waals surface area contributed by atoms with Crippen molar-refractivity contribution in [2.45, 2.75) is 72.3 Å². The molecule has 0 atom stereocenters. The Labute approximate surface area is 117 Å². The van der Waals surface area contributed by atoms with Gasteiger partial charge >= 0.3 is 0 Å². The highest BCUT2D eigenvalue weighted by Crippen LogP contribution is 2.35. The summed E-state index contributed by atoms with van der Waals surface area (Å²) in [5.41, 5.74) is 2.02. The molecule has 1 nitrogen and oxygen atoms in total. The number of fused-ring (bicyclic) bond motifs is 1. The van der Waals surface area contributed by atoms with Crippen molar-refractivity contribution in [3.05, 3.63) is 29.1 Å². The van der Waals surface area contributed by atoms with E-state index in [2.05, 4.69) is 0 Å². The number of benzene rings is 1. The van der Waals surface area contributed by atoms with Gasteiger partial charge in [0.25, 0.3) is 0 Å². The predicted molar refractivity (Wildman–Crippen MR) is 79.4 cm³/mol. The van der Waals surface area contributed by atoms with E-state index in [9.17, 15) is 4.39 Å². The van der Waals surface area contributed by atoms with E-state index in [4.69, 9.17) is 4.74 Å². The van der Waals surface area contributed by atoms with Gasteiger partial charge in [0.2, 0.25) is 0 Å². The molecule has 3 rings (SSSR count). The molecular weight excluding hydrogens is 239 g/mol. The fraction of sp³-hybridized carbons (Fsp3) is 0.647. The molecule has 0 heterocycles. The van der Waals surface area contributed by atoms with Crippen molar-refractivity contribution in [2.75, 3.05) is 0 Å². The van der Waals surface area contributed by atoms with Crippen LogP contribution in [0.3, 0.4) is 0 Å². The molecule has 19 heavy (non-hydrogen) atoms. The first-order valence-electron chi connectivity index (χ1n) is 7.81.